The summed E-state index contributed by atoms with van der Waals surface area (Å²) in [6, 6.07) is 10.7. The van der Waals surface area contributed by atoms with Gasteiger partial charge in [0.25, 0.3) is 0 Å². The number of hydrogen-bond acceptors (Lipinski definition) is 4. The van der Waals surface area contributed by atoms with E-state index in [1.807, 2.05) is 0 Å². The highest BCUT2D eigenvalue weighted by Crippen LogP contribution is 2.28. The van der Waals surface area contributed by atoms with Gasteiger partial charge in [-0.15, -0.1) is 0 Å². The van der Waals surface area contributed by atoms with Crippen molar-refractivity contribution >= 4 is 10.9 Å². The van der Waals surface area contributed by atoms with Crippen molar-refractivity contribution in [2.45, 2.75) is 12.6 Å². The van der Waals surface area contributed by atoms with Crippen LogP contribution < -0.4 is 10.9 Å². The average molecular weight is 341 g/mol. The number of phenolic OH excluding ortho intramolecular Hbond substituents is 1. The van der Waals surface area contributed by atoms with Crippen LogP contribution in [0.1, 0.15) is 22.8 Å². The SMILES string of the molecule is [CH2]c1ccc(CNC[C@H](O)c2ccc(O)c3[nH]c(=O)ccc23)cc1F. The number of benzene rings is 2. The van der Waals surface area contributed by atoms with Gasteiger partial charge in [0.2, 0.25) is 5.56 Å². The molecule has 4 N–H and O–H groups in total. The van der Waals surface area contributed by atoms with Gasteiger partial charge in [-0.25, -0.2) is 4.39 Å². The lowest BCUT2D eigenvalue weighted by molar-refractivity contribution is 0.176. The van der Waals surface area contributed by atoms with E-state index in [9.17, 15) is 19.4 Å². The Kier molecular flexibility index (Phi) is 4.83. The molecule has 1 radical (unpaired) electrons. The summed E-state index contributed by atoms with van der Waals surface area (Å²) in [5.41, 5.74) is 1.63. The highest BCUT2D eigenvalue weighted by atomic mass is 19.1. The van der Waals surface area contributed by atoms with E-state index in [4.69, 9.17) is 0 Å². The van der Waals surface area contributed by atoms with E-state index in [0.717, 1.165) is 5.56 Å². The quantitative estimate of drug-likeness (QED) is 0.574. The Labute approximate surface area is 143 Å². The summed E-state index contributed by atoms with van der Waals surface area (Å²) in [4.78, 5) is 14.0. The van der Waals surface area contributed by atoms with E-state index >= 15 is 0 Å². The van der Waals surface area contributed by atoms with Crippen LogP contribution in [0, 0.1) is 12.7 Å². The molecule has 1 heterocycles. The number of fused-ring (bicyclic) bond motifs is 1. The third-order valence-corrected chi connectivity index (χ3v) is 4.05. The van der Waals surface area contributed by atoms with E-state index in [1.54, 1.807) is 24.3 Å². The van der Waals surface area contributed by atoms with Crippen LogP contribution in [0.15, 0.2) is 47.3 Å². The van der Waals surface area contributed by atoms with Gasteiger partial charge in [0.1, 0.15) is 11.6 Å². The van der Waals surface area contributed by atoms with Crippen LogP contribution in [0.2, 0.25) is 0 Å². The molecule has 0 spiro atoms. The van der Waals surface area contributed by atoms with Crippen LogP contribution in [-0.4, -0.2) is 21.7 Å². The first-order valence-corrected chi connectivity index (χ1v) is 7.80. The standard InChI is InChI=1S/C19H18FN2O3/c1-11-2-3-12(8-15(11)20)9-21-10-17(24)13-4-6-16(23)19-14(13)5-7-18(25)22-19/h2-8,17,21,23-24H,1,9-10H2,(H,22,25)/t17-/m0/s1. The van der Waals surface area contributed by atoms with E-state index < -0.39 is 6.10 Å². The lowest BCUT2D eigenvalue weighted by Gasteiger charge is -2.15. The predicted octanol–water partition coefficient (Wildman–Crippen LogP) is 2.38. The topological polar surface area (TPSA) is 85.3 Å². The lowest BCUT2D eigenvalue weighted by atomic mass is 10.0. The normalized spacial score (nSPS) is 12.4. The molecule has 0 amide bonds. The average Bonchev–Trinajstić information content (AvgIpc) is 2.58. The molecule has 3 rings (SSSR count). The van der Waals surface area contributed by atoms with Crippen LogP contribution >= 0.6 is 0 Å². The zero-order chi connectivity index (χ0) is 18.0. The van der Waals surface area contributed by atoms with Crippen LogP contribution in [-0.2, 0) is 6.54 Å². The second kappa shape index (κ2) is 7.04. The van der Waals surface area contributed by atoms with Crippen molar-refractivity contribution in [3.05, 3.63) is 82.2 Å². The van der Waals surface area contributed by atoms with Gasteiger partial charge >= 0.3 is 0 Å². The number of aromatic nitrogens is 1. The Morgan fingerprint density at radius 1 is 1.20 bits per heavy atom. The minimum atomic E-state index is -0.856. The predicted molar refractivity (Wildman–Crippen MR) is 93.8 cm³/mol. The molecule has 2 aromatic carbocycles. The number of aliphatic hydroxyl groups excluding tert-OH is 1. The van der Waals surface area contributed by atoms with Crippen molar-refractivity contribution < 1.29 is 14.6 Å². The first-order chi connectivity index (χ1) is 12.0. The Morgan fingerprint density at radius 2 is 2.00 bits per heavy atom. The van der Waals surface area contributed by atoms with Crippen LogP contribution in [0.3, 0.4) is 0 Å². The second-order valence-corrected chi connectivity index (χ2v) is 5.86. The fourth-order valence-electron chi connectivity index (χ4n) is 2.71. The molecule has 0 saturated heterocycles. The van der Waals surface area contributed by atoms with Gasteiger partial charge in [-0.2, -0.15) is 0 Å². The largest absolute Gasteiger partial charge is 0.506 e. The first kappa shape index (κ1) is 17.1. The van der Waals surface area contributed by atoms with E-state index in [0.29, 0.717) is 23.1 Å². The third-order valence-electron chi connectivity index (χ3n) is 4.05. The van der Waals surface area contributed by atoms with Crippen LogP contribution in [0.4, 0.5) is 4.39 Å². The maximum Gasteiger partial charge on any atom is 0.248 e. The molecule has 1 atom stereocenters. The minimum absolute atomic E-state index is 0.0552. The number of rotatable bonds is 5. The van der Waals surface area contributed by atoms with E-state index in [2.05, 4.69) is 17.2 Å². The summed E-state index contributed by atoms with van der Waals surface area (Å²) in [6.07, 6.45) is -0.856. The fraction of sp³-hybridized carbons (Fsp3) is 0.158. The zero-order valence-corrected chi connectivity index (χ0v) is 13.4. The molecule has 0 aliphatic carbocycles. The summed E-state index contributed by atoms with van der Waals surface area (Å²) in [5.74, 6) is -0.423. The summed E-state index contributed by atoms with van der Waals surface area (Å²) in [6.45, 7) is 4.19. The number of pyridine rings is 1. The van der Waals surface area contributed by atoms with Crippen molar-refractivity contribution in [2.24, 2.45) is 0 Å². The number of phenols is 1. The monoisotopic (exact) mass is 341 g/mol. The molecule has 0 saturated carbocycles. The van der Waals surface area contributed by atoms with Gasteiger partial charge in [0.05, 0.1) is 11.6 Å². The Hall–Kier alpha value is -2.70. The maximum atomic E-state index is 13.5. The third kappa shape index (κ3) is 3.70. The van der Waals surface area contributed by atoms with E-state index in [-0.39, 0.29) is 29.2 Å². The molecule has 1 aromatic heterocycles. The smallest absolute Gasteiger partial charge is 0.248 e. The number of nitrogens with one attached hydrogen (secondary N) is 2. The van der Waals surface area contributed by atoms with Crippen molar-refractivity contribution in [3.8, 4) is 5.75 Å². The fourth-order valence-corrected chi connectivity index (χ4v) is 2.71. The molecule has 0 unspecified atom stereocenters. The molecule has 0 aliphatic rings. The molecule has 0 bridgehead atoms. The van der Waals surface area contributed by atoms with Crippen molar-refractivity contribution in [1.29, 1.82) is 0 Å². The van der Waals surface area contributed by atoms with Gasteiger partial charge in [0, 0.05) is 24.5 Å². The van der Waals surface area contributed by atoms with Gasteiger partial charge in [0.15, 0.2) is 0 Å². The summed E-state index contributed by atoms with van der Waals surface area (Å²) >= 11 is 0. The molecular formula is C19H18FN2O3. The van der Waals surface area contributed by atoms with Gasteiger partial charge < -0.3 is 20.5 Å². The molecular weight excluding hydrogens is 323 g/mol. The molecule has 3 aromatic rings. The highest BCUT2D eigenvalue weighted by molar-refractivity contribution is 5.87. The first-order valence-electron chi connectivity index (χ1n) is 7.80. The number of halogens is 1. The molecule has 6 heteroatoms. The van der Waals surface area contributed by atoms with Crippen LogP contribution in [0.5, 0.6) is 5.75 Å². The summed E-state index contributed by atoms with van der Waals surface area (Å²) in [7, 11) is 0. The molecule has 0 aliphatic heterocycles. The Bertz CT molecular complexity index is 969. The van der Waals surface area contributed by atoms with Crippen molar-refractivity contribution in [2.75, 3.05) is 6.54 Å². The number of hydrogen-bond donors (Lipinski definition) is 4. The van der Waals surface area contributed by atoms with Gasteiger partial charge in [-0.3, -0.25) is 4.79 Å². The highest BCUT2D eigenvalue weighted by Gasteiger charge is 2.13. The lowest BCUT2D eigenvalue weighted by Crippen LogP contribution is -2.21. The van der Waals surface area contributed by atoms with Crippen molar-refractivity contribution in [1.82, 2.24) is 10.3 Å². The summed E-state index contributed by atoms with van der Waals surface area (Å²) < 4.78 is 13.5. The maximum absolute atomic E-state index is 13.5. The number of H-pyrrole nitrogens is 1. The second-order valence-electron chi connectivity index (χ2n) is 5.86. The van der Waals surface area contributed by atoms with Crippen molar-refractivity contribution in [3.63, 3.8) is 0 Å². The molecule has 0 fully saturated rings. The molecule has 129 valence electrons. The molecule has 25 heavy (non-hydrogen) atoms. The zero-order valence-electron chi connectivity index (χ0n) is 13.4. The number of aliphatic hydroxyl groups is 1. The number of aromatic hydroxyl groups is 1. The molecule has 5 nitrogen and oxygen atoms in total. The van der Waals surface area contributed by atoms with E-state index in [1.165, 1.54) is 18.2 Å². The minimum Gasteiger partial charge on any atom is -0.506 e. The Balaban J connectivity index is 1.74. The van der Waals surface area contributed by atoms with Crippen LogP contribution in [0.25, 0.3) is 10.9 Å². The van der Waals surface area contributed by atoms with Gasteiger partial charge in [-0.1, -0.05) is 18.2 Å². The van der Waals surface area contributed by atoms with Gasteiger partial charge in [-0.05, 0) is 41.8 Å². The Morgan fingerprint density at radius 3 is 2.76 bits per heavy atom. The summed E-state index contributed by atoms with van der Waals surface area (Å²) in [5, 5.41) is 23.9. The number of aromatic amines is 1.